The molecule has 12 N–H and O–H groups in total. The molecule has 43 heavy (non-hydrogen) atoms. The van der Waals surface area contributed by atoms with Crippen molar-refractivity contribution in [3.05, 3.63) is 80.3 Å². The molecule has 3 aromatic rings. The molecule has 18 heteroatoms. The van der Waals surface area contributed by atoms with Gasteiger partial charge in [-0.15, -0.1) is 0 Å². The van der Waals surface area contributed by atoms with Gasteiger partial charge >= 0.3 is 24.8 Å². The van der Waals surface area contributed by atoms with Gasteiger partial charge in [-0.25, -0.2) is 0 Å². The third kappa shape index (κ3) is 7.23. The number of halogens is 1. The number of benzene rings is 3. The fourth-order valence-electron chi connectivity index (χ4n) is 3.89. The van der Waals surface area contributed by atoms with E-state index in [4.69, 9.17) is 28.0 Å². The number of fused-ring (bicyclic) bond motifs is 3. The van der Waals surface area contributed by atoms with Crippen molar-refractivity contribution in [3.8, 4) is 0 Å². The van der Waals surface area contributed by atoms with Crippen molar-refractivity contribution >= 4 is 94.6 Å². The van der Waals surface area contributed by atoms with Gasteiger partial charge in [0.15, 0.2) is 0 Å². The number of rotatable bonds is 0. The Bertz CT molecular complexity index is 1530. The van der Waals surface area contributed by atoms with E-state index in [1.165, 1.54) is 12.1 Å². The third-order valence-electron chi connectivity index (χ3n) is 5.61. The molecule has 0 aromatic heterocycles. The van der Waals surface area contributed by atoms with Gasteiger partial charge < -0.3 is 28.0 Å². The summed E-state index contributed by atoms with van der Waals surface area (Å²) in [7, 11) is 5.34. The molecule has 0 saturated carbocycles. The van der Waals surface area contributed by atoms with Gasteiger partial charge in [-0.3, -0.25) is 44.7 Å². The molecule has 3 aliphatic rings. The van der Waals surface area contributed by atoms with Gasteiger partial charge in [-0.2, -0.15) is 0 Å². The molecule has 0 spiro atoms. The fourth-order valence-corrected chi connectivity index (χ4v) is 4.40. The first-order valence-electron chi connectivity index (χ1n) is 11.5. The summed E-state index contributed by atoms with van der Waals surface area (Å²) < 4.78 is 3.28. The molecule has 0 fully saturated rings. The number of nitrogens with zero attached hydrogens (tertiary/aromatic N) is 1. The number of hydrogen-bond donors (Lipinski definition) is 9. The summed E-state index contributed by atoms with van der Waals surface area (Å²) in [6, 6.07) is 11.1. The second-order valence-electron chi connectivity index (χ2n) is 8.12. The molecule has 0 bridgehead atoms. The van der Waals surface area contributed by atoms with E-state index in [9.17, 15) is 28.8 Å². The Balaban J connectivity index is 0.000000209. The van der Waals surface area contributed by atoms with Crippen LogP contribution >= 0.6 is 28.7 Å². The van der Waals surface area contributed by atoms with Gasteiger partial charge in [0.1, 0.15) is 0 Å². The Morgan fingerprint density at radius 2 is 0.930 bits per heavy atom. The van der Waals surface area contributed by atoms with Crippen LogP contribution in [0.25, 0.3) is 0 Å². The van der Waals surface area contributed by atoms with E-state index in [2.05, 4.69) is 56.6 Å². The van der Waals surface area contributed by atoms with Crippen LogP contribution in [0.15, 0.2) is 51.2 Å². The van der Waals surface area contributed by atoms with Crippen molar-refractivity contribution in [1.82, 2.24) is 16.0 Å². The zero-order chi connectivity index (χ0) is 32.6. The zero-order valence-corrected chi connectivity index (χ0v) is 24.6. The second-order valence-corrected chi connectivity index (χ2v) is 9.20. The number of nitrogen functional groups attached to an aromatic ring is 4. The van der Waals surface area contributed by atoms with E-state index in [0.29, 0.717) is 32.5 Å². The first-order valence-corrected chi connectivity index (χ1v) is 12.7. The fraction of sp³-hybridized carbons (Fsp3) is 0.0400. The predicted octanol–water partition coefficient (Wildman–Crippen LogP) is 0.594. The van der Waals surface area contributed by atoms with E-state index >= 15 is 0 Å². The van der Waals surface area contributed by atoms with E-state index in [1.807, 2.05) is 0 Å². The van der Waals surface area contributed by atoms with Crippen LogP contribution in [-0.4, -0.2) is 55.3 Å². The summed E-state index contributed by atoms with van der Waals surface area (Å²) in [5.41, 5.74) is 24.9. The average molecular weight is 670 g/mol. The standard InChI is InChI=1S/C8H5BrN2O2.C8H7N3O2.C8H6N2O2.CH4O.BHNS/c2*9-3-1-2-4(10)6-5(3)7(12)11-8(6)13;9-5-3-1-2-4-6(5)8(12)10-7(4)11;1-2;1-2-3/h1-2H,10H2,(H,11,12,13);1-2H,9-10H2,(H,11,12,13);1-3H,9H2,(H,10,11,12);2H,1H3;3H. The number of carbonyl (C=O) groups excluding carboxylic acids is 6. The van der Waals surface area contributed by atoms with Crippen LogP contribution in [0.4, 0.5) is 22.7 Å². The van der Waals surface area contributed by atoms with Crippen LogP contribution in [0, 0.1) is 0 Å². The molecule has 6 amide bonds. The Morgan fingerprint density at radius 3 is 1.35 bits per heavy atom. The van der Waals surface area contributed by atoms with Crippen molar-refractivity contribution in [2.75, 3.05) is 30.0 Å². The van der Waals surface area contributed by atoms with E-state index in [1.54, 1.807) is 30.3 Å². The number of imide groups is 3. The molecule has 0 unspecified atom stereocenters. The molecule has 1 radical (unpaired) electrons. The third-order valence-corrected chi connectivity index (χ3v) is 6.28. The van der Waals surface area contributed by atoms with E-state index in [0.717, 1.165) is 7.11 Å². The number of hydrogen-bond acceptors (Lipinski definition) is 13. The van der Waals surface area contributed by atoms with E-state index in [-0.39, 0.29) is 34.0 Å². The summed E-state index contributed by atoms with van der Waals surface area (Å²) in [5, 5.41) is 13.5. The molecule has 0 saturated heterocycles. The number of thiol groups is 1. The number of aliphatic hydroxyl groups excluding tert-OH is 1. The van der Waals surface area contributed by atoms with E-state index < -0.39 is 29.5 Å². The molecular weight excluding hydrogens is 647 g/mol. The predicted molar refractivity (Wildman–Crippen MR) is 165 cm³/mol. The Hall–Kier alpha value is -5.07. The number of nitrogens with one attached hydrogen (secondary N) is 3. The number of carbonyl (C=O) groups is 6. The summed E-state index contributed by atoms with van der Waals surface area (Å²) in [6.07, 6.45) is 0. The molecule has 15 nitrogen and oxygen atoms in total. The van der Waals surface area contributed by atoms with Crippen molar-refractivity contribution in [3.63, 3.8) is 0 Å². The van der Waals surface area contributed by atoms with Gasteiger partial charge in [0.25, 0.3) is 35.4 Å². The van der Waals surface area contributed by atoms with Gasteiger partial charge in [-0.05, 0) is 52.3 Å². The zero-order valence-electron chi connectivity index (χ0n) is 22.1. The van der Waals surface area contributed by atoms with Crippen LogP contribution in [0.2, 0.25) is 0 Å². The second kappa shape index (κ2) is 14.7. The monoisotopic (exact) mass is 669 g/mol. The Labute approximate surface area is 258 Å². The molecule has 3 aliphatic heterocycles. The number of nitrogens with two attached hydrogens (primary N) is 4. The molecular formula is C25H23BBrN8O7S. The summed E-state index contributed by atoms with van der Waals surface area (Å²) in [6.45, 7) is 0. The number of anilines is 4. The molecule has 3 aromatic carbocycles. The maximum atomic E-state index is 11.2. The minimum absolute atomic E-state index is 0.185. The quantitative estimate of drug-likeness (QED) is 0.0691. The van der Waals surface area contributed by atoms with Crippen molar-refractivity contribution in [2.45, 2.75) is 0 Å². The van der Waals surface area contributed by atoms with Crippen molar-refractivity contribution in [1.29, 1.82) is 0 Å². The van der Waals surface area contributed by atoms with Crippen molar-refractivity contribution in [2.24, 2.45) is 4.30 Å². The summed E-state index contributed by atoms with van der Waals surface area (Å²) in [4.78, 5) is 66.9. The van der Waals surface area contributed by atoms with Crippen molar-refractivity contribution < 1.29 is 33.9 Å². The van der Waals surface area contributed by atoms with Crippen LogP contribution < -0.4 is 38.9 Å². The Kier molecular flexibility index (Phi) is 11.7. The summed E-state index contributed by atoms with van der Waals surface area (Å²) in [5.74, 6) is -2.58. The summed E-state index contributed by atoms with van der Waals surface area (Å²) >= 11 is 6.37. The SMILES string of the molecule is CO.Nc1ccc(Br)c2c1C(=O)NC2=O.Nc1ccc(N)c2c1C(=O)NC2=O.Nc1cccc2c1C(=O)NC2=O.[B]=NS. The van der Waals surface area contributed by atoms with Crippen LogP contribution in [0.1, 0.15) is 62.1 Å². The van der Waals surface area contributed by atoms with Gasteiger partial charge in [0.05, 0.1) is 33.4 Å². The average Bonchev–Trinajstić information content (AvgIpc) is 3.56. The van der Waals surface area contributed by atoms with Crippen LogP contribution in [0.3, 0.4) is 0 Å². The van der Waals surface area contributed by atoms with Crippen LogP contribution in [0.5, 0.6) is 0 Å². The molecule has 0 aliphatic carbocycles. The normalized spacial score (nSPS) is 13.0. The topological polar surface area (TPSA) is 275 Å². The first-order chi connectivity index (χ1) is 20.3. The number of aliphatic hydroxyl groups is 1. The first kappa shape index (κ1) is 34.1. The maximum absolute atomic E-state index is 11.2. The van der Waals surface area contributed by atoms with Gasteiger partial charge in [-0.1, -0.05) is 6.07 Å². The van der Waals surface area contributed by atoms with Gasteiger partial charge in [0, 0.05) is 34.3 Å². The minimum atomic E-state index is -0.482. The van der Waals surface area contributed by atoms with Gasteiger partial charge in [0.2, 0.25) is 0 Å². The Morgan fingerprint density at radius 1 is 0.605 bits per heavy atom. The molecule has 6 rings (SSSR count). The molecule has 0 atom stereocenters. The van der Waals surface area contributed by atoms with Crippen LogP contribution in [-0.2, 0) is 0 Å². The number of amides is 6. The molecule has 3 heterocycles. The molecule has 221 valence electrons.